The Hall–Kier alpha value is -0.830. The summed E-state index contributed by atoms with van der Waals surface area (Å²) in [5, 5.41) is 0. The summed E-state index contributed by atoms with van der Waals surface area (Å²) in [6.45, 7) is 5.49. The predicted octanol–water partition coefficient (Wildman–Crippen LogP) is 4.67. The molecule has 0 unspecified atom stereocenters. The molecule has 2 rings (SSSR count). The summed E-state index contributed by atoms with van der Waals surface area (Å²) in [7, 11) is 0. The molecule has 0 atom stereocenters. The van der Waals surface area contributed by atoms with Gasteiger partial charge in [0.1, 0.15) is 0 Å². The summed E-state index contributed by atoms with van der Waals surface area (Å²) in [5.74, 6) is 0.596. The van der Waals surface area contributed by atoms with Crippen LogP contribution in [0.3, 0.4) is 0 Å². The van der Waals surface area contributed by atoms with Crippen molar-refractivity contribution < 1.29 is 4.79 Å². The number of rotatable bonds is 5. The Morgan fingerprint density at radius 1 is 1.37 bits per heavy atom. The van der Waals surface area contributed by atoms with Crippen molar-refractivity contribution in [2.24, 2.45) is 5.92 Å². The highest BCUT2D eigenvalue weighted by atomic mass is 79.9. The van der Waals surface area contributed by atoms with Crippen molar-refractivity contribution in [3.8, 4) is 0 Å². The number of nitrogens with zero attached hydrogens (tertiary/aromatic N) is 1. The smallest absolute Gasteiger partial charge is 0.152 e. The fourth-order valence-corrected chi connectivity index (χ4v) is 3.27. The quantitative estimate of drug-likeness (QED) is 0.734. The third kappa shape index (κ3) is 3.59. The SMILES string of the molecule is CC(C)CN(c1cc(Br)ccc1C=O)C1CCCC1. The third-order valence-electron chi connectivity index (χ3n) is 3.76. The van der Waals surface area contributed by atoms with Crippen LogP contribution in [-0.4, -0.2) is 18.9 Å². The number of carbonyl (C=O) groups is 1. The summed E-state index contributed by atoms with van der Waals surface area (Å²) in [4.78, 5) is 13.8. The van der Waals surface area contributed by atoms with Gasteiger partial charge in [-0.25, -0.2) is 0 Å². The molecule has 1 aliphatic rings. The van der Waals surface area contributed by atoms with Gasteiger partial charge in [-0.1, -0.05) is 42.6 Å². The molecule has 1 fully saturated rings. The Morgan fingerprint density at radius 2 is 2.05 bits per heavy atom. The van der Waals surface area contributed by atoms with Crippen molar-refractivity contribution in [3.63, 3.8) is 0 Å². The van der Waals surface area contributed by atoms with E-state index in [0.29, 0.717) is 12.0 Å². The number of anilines is 1. The van der Waals surface area contributed by atoms with Crippen LogP contribution < -0.4 is 4.90 Å². The van der Waals surface area contributed by atoms with E-state index >= 15 is 0 Å². The Labute approximate surface area is 124 Å². The molecule has 0 amide bonds. The molecule has 19 heavy (non-hydrogen) atoms. The molecule has 0 aliphatic heterocycles. The van der Waals surface area contributed by atoms with E-state index in [1.54, 1.807) is 0 Å². The highest BCUT2D eigenvalue weighted by Gasteiger charge is 2.25. The van der Waals surface area contributed by atoms with Crippen molar-refractivity contribution in [2.75, 3.05) is 11.4 Å². The number of carbonyl (C=O) groups excluding carboxylic acids is 1. The van der Waals surface area contributed by atoms with E-state index in [4.69, 9.17) is 0 Å². The Balaban J connectivity index is 2.35. The maximum Gasteiger partial charge on any atom is 0.152 e. The highest BCUT2D eigenvalue weighted by molar-refractivity contribution is 9.10. The molecule has 1 aliphatic carbocycles. The van der Waals surface area contributed by atoms with Gasteiger partial charge in [-0.05, 0) is 37.0 Å². The lowest BCUT2D eigenvalue weighted by Crippen LogP contribution is -2.37. The van der Waals surface area contributed by atoms with Gasteiger partial charge < -0.3 is 4.90 Å². The first-order chi connectivity index (χ1) is 9.11. The molecule has 0 bridgehead atoms. The zero-order valence-corrected chi connectivity index (χ0v) is 13.3. The molecule has 0 N–H and O–H groups in total. The van der Waals surface area contributed by atoms with E-state index in [1.807, 2.05) is 12.1 Å². The van der Waals surface area contributed by atoms with Crippen LogP contribution in [0.5, 0.6) is 0 Å². The van der Waals surface area contributed by atoms with Gasteiger partial charge in [0.25, 0.3) is 0 Å². The van der Waals surface area contributed by atoms with Crippen molar-refractivity contribution >= 4 is 27.9 Å². The van der Waals surface area contributed by atoms with Gasteiger partial charge in [0.15, 0.2) is 6.29 Å². The van der Waals surface area contributed by atoms with Crippen LogP contribution in [0.2, 0.25) is 0 Å². The van der Waals surface area contributed by atoms with Gasteiger partial charge in [0.2, 0.25) is 0 Å². The molecule has 1 aromatic carbocycles. The minimum absolute atomic E-state index is 0.593. The molecule has 0 radical (unpaired) electrons. The molecule has 2 nitrogen and oxygen atoms in total. The minimum Gasteiger partial charge on any atom is -0.368 e. The van der Waals surface area contributed by atoms with Crippen LogP contribution in [0.25, 0.3) is 0 Å². The number of halogens is 1. The van der Waals surface area contributed by atoms with Gasteiger partial charge in [-0.3, -0.25) is 4.79 Å². The maximum absolute atomic E-state index is 11.3. The largest absolute Gasteiger partial charge is 0.368 e. The molecule has 0 aromatic heterocycles. The van der Waals surface area contributed by atoms with E-state index in [9.17, 15) is 4.79 Å². The van der Waals surface area contributed by atoms with Crippen LogP contribution in [0, 0.1) is 5.92 Å². The van der Waals surface area contributed by atoms with E-state index in [1.165, 1.54) is 25.7 Å². The van der Waals surface area contributed by atoms with Crippen molar-refractivity contribution in [1.29, 1.82) is 0 Å². The van der Waals surface area contributed by atoms with Crippen molar-refractivity contribution in [3.05, 3.63) is 28.2 Å². The second kappa shape index (κ2) is 6.56. The molecular weight excluding hydrogens is 302 g/mol. The predicted molar refractivity (Wildman–Crippen MR) is 84.0 cm³/mol. The van der Waals surface area contributed by atoms with Gasteiger partial charge in [0, 0.05) is 28.3 Å². The zero-order chi connectivity index (χ0) is 13.8. The normalized spacial score (nSPS) is 16.0. The lowest BCUT2D eigenvalue weighted by molar-refractivity contribution is 0.112. The van der Waals surface area contributed by atoms with Crippen LogP contribution >= 0.6 is 15.9 Å². The van der Waals surface area contributed by atoms with Crippen molar-refractivity contribution in [1.82, 2.24) is 0 Å². The summed E-state index contributed by atoms with van der Waals surface area (Å²) >= 11 is 3.53. The maximum atomic E-state index is 11.3. The fraction of sp³-hybridized carbons (Fsp3) is 0.562. The monoisotopic (exact) mass is 323 g/mol. The number of hydrogen-bond acceptors (Lipinski definition) is 2. The molecule has 3 heteroatoms. The lowest BCUT2D eigenvalue weighted by Gasteiger charge is -2.33. The van der Waals surface area contributed by atoms with Gasteiger partial charge >= 0.3 is 0 Å². The number of hydrogen-bond donors (Lipinski definition) is 0. The summed E-state index contributed by atoms with van der Waals surface area (Å²) in [6.07, 6.45) is 6.09. The highest BCUT2D eigenvalue weighted by Crippen LogP contribution is 2.32. The van der Waals surface area contributed by atoms with Crippen LogP contribution in [0.4, 0.5) is 5.69 Å². The lowest BCUT2D eigenvalue weighted by atomic mass is 10.1. The Kier molecular flexibility index (Phi) is 5.03. The standard InChI is InChI=1S/C16H22BrNO/c1-12(2)10-18(15-5-3-4-6-15)16-9-14(17)8-7-13(16)11-19/h7-9,11-12,15H,3-6,10H2,1-2H3. The topological polar surface area (TPSA) is 20.3 Å². The molecule has 1 aromatic rings. The summed E-state index contributed by atoms with van der Waals surface area (Å²) in [5.41, 5.74) is 1.89. The zero-order valence-electron chi connectivity index (χ0n) is 11.7. The second-order valence-electron chi connectivity index (χ2n) is 5.81. The number of aldehydes is 1. The summed E-state index contributed by atoms with van der Waals surface area (Å²) < 4.78 is 1.04. The molecule has 1 saturated carbocycles. The van der Waals surface area contributed by atoms with Gasteiger partial charge in [0.05, 0.1) is 0 Å². The minimum atomic E-state index is 0.593. The van der Waals surface area contributed by atoms with E-state index < -0.39 is 0 Å². The van der Waals surface area contributed by atoms with Gasteiger partial charge in [-0.2, -0.15) is 0 Å². The van der Waals surface area contributed by atoms with Crippen molar-refractivity contribution in [2.45, 2.75) is 45.6 Å². The Morgan fingerprint density at radius 3 is 2.63 bits per heavy atom. The Bertz CT molecular complexity index is 438. The fourth-order valence-electron chi connectivity index (χ4n) is 2.92. The average molecular weight is 324 g/mol. The van der Waals surface area contributed by atoms with Crippen LogP contribution in [-0.2, 0) is 0 Å². The van der Waals surface area contributed by atoms with Gasteiger partial charge in [-0.15, -0.1) is 0 Å². The molecule has 104 valence electrons. The number of benzene rings is 1. The summed E-state index contributed by atoms with van der Waals surface area (Å²) in [6, 6.07) is 6.53. The van der Waals surface area contributed by atoms with E-state index in [-0.39, 0.29) is 0 Å². The first-order valence-corrected chi connectivity index (χ1v) is 7.92. The average Bonchev–Trinajstić information content (AvgIpc) is 2.89. The van der Waals surface area contributed by atoms with E-state index in [2.05, 4.69) is 40.7 Å². The second-order valence-corrected chi connectivity index (χ2v) is 6.72. The molecular formula is C16H22BrNO. The molecule has 0 spiro atoms. The molecule has 0 saturated heterocycles. The van der Waals surface area contributed by atoms with Crippen LogP contribution in [0.15, 0.2) is 22.7 Å². The first-order valence-electron chi connectivity index (χ1n) is 7.13. The molecule has 0 heterocycles. The first kappa shape index (κ1) is 14.6. The van der Waals surface area contributed by atoms with E-state index in [0.717, 1.165) is 28.6 Å². The van der Waals surface area contributed by atoms with Crippen LogP contribution in [0.1, 0.15) is 49.9 Å². The third-order valence-corrected chi connectivity index (χ3v) is 4.25.